The molecule has 1 fully saturated rings. The van der Waals surface area contributed by atoms with E-state index in [0.29, 0.717) is 6.61 Å². The fourth-order valence-electron chi connectivity index (χ4n) is 2.20. The second kappa shape index (κ2) is 5.06. The average Bonchev–Trinajstić information content (AvgIpc) is 3.22. The number of hydrogen-bond acceptors (Lipinski definition) is 2. The van der Waals surface area contributed by atoms with Crippen molar-refractivity contribution < 1.29 is 9.47 Å². The fraction of sp³-hybridized carbons (Fsp3) is 0.294. The van der Waals surface area contributed by atoms with Gasteiger partial charge in [-0.15, -0.1) is 0 Å². The zero-order valence-corrected chi connectivity index (χ0v) is 11.3. The van der Waals surface area contributed by atoms with E-state index in [0.717, 1.165) is 12.4 Å². The maximum Gasteiger partial charge on any atom is 0.127 e. The van der Waals surface area contributed by atoms with E-state index in [-0.39, 0.29) is 6.10 Å². The van der Waals surface area contributed by atoms with Gasteiger partial charge in [0.15, 0.2) is 0 Å². The van der Waals surface area contributed by atoms with Gasteiger partial charge >= 0.3 is 0 Å². The molecule has 1 atom stereocenters. The Hall–Kier alpha value is -1.80. The van der Waals surface area contributed by atoms with Crippen molar-refractivity contribution in [2.45, 2.75) is 20.0 Å². The average molecular weight is 254 g/mol. The van der Waals surface area contributed by atoms with E-state index in [4.69, 9.17) is 9.47 Å². The summed E-state index contributed by atoms with van der Waals surface area (Å²) in [4.78, 5) is 0. The molecule has 0 N–H and O–H groups in total. The van der Waals surface area contributed by atoms with Crippen LogP contribution in [0.5, 0.6) is 5.75 Å². The first-order valence-electron chi connectivity index (χ1n) is 6.65. The van der Waals surface area contributed by atoms with Crippen molar-refractivity contribution in [2.75, 3.05) is 13.2 Å². The van der Waals surface area contributed by atoms with E-state index in [1.54, 1.807) is 0 Å². The molecule has 2 heteroatoms. The van der Waals surface area contributed by atoms with Gasteiger partial charge in [0.2, 0.25) is 0 Å². The Bertz CT molecular complexity index is 568. The normalized spacial score (nSPS) is 17.3. The lowest BCUT2D eigenvalue weighted by Crippen LogP contribution is -2.05. The molecule has 2 nitrogen and oxygen atoms in total. The first kappa shape index (κ1) is 12.2. The van der Waals surface area contributed by atoms with Crippen molar-refractivity contribution in [3.05, 3.63) is 53.6 Å². The summed E-state index contributed by atoms with van der Waals surface area (Å²) in [5, 5.41) is 0. The van der Waals surface area contributed by atoms with Crippen LogP contribution in [0.1, 0.15) is 11.1 Å². The molecule has 1 heterocycles. The van der Waals surface area contributed by atoms with Crippen molar-refractivity contribution in [1.29, 1.82) is 0 Å². The van der Waals surface area contributed by atoms with Crippen LogP contribution in [0, 0.1) is 13.8 Å². The highest BCUT2D eigenvalue weighted by atomic mass is 16.6. The Labute approximate surface area is 114 Å². The van der Waals surface area contributed by atoms with Crippen LogP contribution >= 0.6 is 0 Å². The van der Waals surface area contributed by atoms with E-state index in [9.17, 15) is 0 Å². The molecule has 1 saturated heterocycles. The predicted octanol–water partition coefficient (Wildman–Crippen LogP) is 3.75. The van der Waals surface area contributed by atoms with E-state index >= 15 is 0 Å². The summed E-state index contributed by atoms with van der Waals surface area (Å²) in [5.41, 5.74) is 4.89. The Morgan fingerprint density at radius 3 is 2.53 bits per heavy atom. The van der Waals surface area contributed by atoms with Crippen LogP contribution in [-0.2, 0) is 4.74 Å². The fourth-order valence-corrected chi connectivity index (χ4v) is 2.20. The Kier molecular flexibility index (Phi) is 3.26. The van der Waals surface area contributed by atoms with Gasteiger partial charge in [0.05, 0.1) is 6.61 Å². The number of ether oxygens (including phenoxy) is 2. The molecule has 0 aromatic heterocycles. The second-order valence-corrected chi connectivity index (χ2v) is 5.08. The van der Waals surface area contributed by atoms with Crippen molar-refractivity contribution in [3.63, 3.8) is 0 Å². The van der Waals surface area contributed by atoms with Gasteiger partial charge in [0, 0.05) is 5.56 Å². The highest BCUT2D eigenvalue weighted by molar-refractivity contribution is 5.74. The molecule has 1 aliphatic heterocycles. The quantitative estimate of drug-likeness (QED) is 0.775. The number of epoxide rings is 1. The number of aryl methyl sites for hydroxylation is 2. The van der Waals surface area contributed by atoms with Gasteiger partial charge < -0.3 is 9.47 Å². The third-order valence-electron chi connectivity index (χ3n) is 3.40. The van der Waals surface area contributed by atoms with E-state index in [1.807, 2.05) is 12.1 Å². The minimum Gasteiger partial charge on any atom is -0.490 e. The minimum absolute atomic E-state index is 0.284. The third-order valence-corrected chi connectivity index (χ3v) is 3.40. The Morgan fingerprint density at radius 2 is 1.84 bits per heavy atom. The van der Waals surface area contributed by atoms with E-state index < -0.39 is 0 Å². The topological polar surface area (TPSA) is 21.8 Å². The maximum absolute atomic E-state index is 5.90. The van der Waals surface area contributed by atoms with Gasteiger partial charge in [-0.3, -0.25) is 0 Å². The van der Waals surface area contributed by atoms with E-state index in [1.165, 1.54) is 22.3 Å². The third kappa shape index (κ3) is 2.79. The van der Waals surface area contributed by atoms with Crippen molar-refractivity contribution >= 4 is 0 Å². The van der Waals surface area contributed by atoms with Crippen LogP contribution in [0.2, 0.25) is 0 Å². The molecule has 0 aliphatic carbocycles. The molecule has 19 heavy (non-hydrogen) atoms. The van der Waals surface area contributed by atoms with Gasteiger partial charge in [-0.25, -0.2) is 0 Å². The number of hydrogen-bond donors (Lipinski definition) is 0. The lowest BCUT2D eigenvalue weighted by Gasteiger charge is -2.13. The van der Waals surface area contributed by atoms with Crippen LogP contribution in [0.15, 0.2) is 42.5 Å². The van der Waals surface area contributed by atoms with Crippen LogP contribution in [0.3, 0.4) is 0 Å². The molecule has 1 unspecified atom stereocenters. The first-order chi connectivity index (χ1) is 9.24. The second-order valence-electron chi connectivity index (χ2n) is 5.08. The molecule has 2 aromatic rings. The smallest absolute Gasteiger partial charge is 0.127 e. The van der Waals surface area contributed by atoms with Crippen LogP contribution in [0.25, 0.3) is 11.1 Å². The molecule has 0 spiro atoms. The Morgan fingerprint density at radius 1 is 1.11 bits per heavy atom. The van der Waals surface area contributed by atoms with Gasteiger partial charge in [-0.2, -0.15) is 0 Å². The summed E-state index contributed by atoms with van der Waals surface area (Å²) in [6, 6.07) is 14.8. The van der Waals surface area contributed by atoms with Gasteiger partial charge in [0.25, 0.3) is 0 Å². The zero-order valence-electron chi connectivity index (χ0n) is 11.3. The molecule has 0 bridgehead atoms. The molecule has 3 rings (SSSR count). The zero-order chi connectivity index (χ0) is 13.2. The molecule has 98 valence electrons. The van der Waals surface area contributed by atoms with Gasteiger partial charge in [0.1, 0.15) is 18.5 Å². The molecule has 1 aliphatic rings. The summed E-state index contributed by atoms with van der Waals surface area (Å²) in [6.07, 6.45) is 0.284. The molecular weight excluding hydrogens is 236 g/mol. The first-order valence-corrected chi connectivity index (χ1v) is 6.65. The van der Waals surface area contributed by atoms with Gasteiger partial charge in [-0.05, 0) is 31.0 Å². The number of benzene rings is 2. The van der Waals surface area contributed by atoms with Crippen molar-refractivity contribution in [3.8, 4) is 16.9 Å². The predicted molar refractivity (Wildman–Crippen MR) is 76.6 cm³/mol. The molecule has 2 aromatic carbocycles. The largest absolute Gasteiger partial charge is 0.490 e. The van der Waals surface area contributed by atoms with Crippen LogP contribution in [0.4, 0.5) is 0 Å². The lowest BCUT2D eigenvalue weighted by atomic mass is 9.98. The summed E-state index contributed by atoms with van der Waals surface area (Å²) in [7, 11) is 0. The van der Waals surface area contributed by atoms with Crippen molar-refractivity contribution in [1.82, 2.24) is 0 Å². The van der Waals surface area contributed by atoms with Crippen molar-refractivity contribution in [2.24, 2.45) is 0 Å². The minimum atomic E-state index is 0.284. The summed E-state index contributed by atoms with van der Waals surface area (Å²) >= 11 is 0. The van der Waals surface area contributed by atoms with Crippen LogP contribution in [-0.4, -0.2) is 19.3 Å². The Balaban J connectivity index is 1.94. The van der Waals surface area contributed by atoms with Crippen LogP contribution < -0.4 is 4.74 Å². The molecule has 0 radical (unpaired) electrons. The SMILES string of the molecule is Cc1ccc(-c2c(C)cccc2OCC2CO2)cc1. The summed E-state index contributed by atoms with van der Waals surface area (Å²) in [6.45, 7) is 5.69. The molecular formula is C17H18O2. The standard InChI is InChI=1S/C17H18O2/c1-12-6-8-14(9-7-12)17-13(2)4-3-5-16(17)19-11-15-10-18-15/h3-9,15H,10-11H2,1-2H3. The lowest BCUT2D eigenvalue weighted by molar-refractivity contribution is 0.264. The highest BCUT2D eigenvalue weighted by Crippen LogP contribution is 2.33. The molecule has 0 amide bonds. The highest BCUT2D eigenvalue weighted by Gasteiger charge is 2.23. The molecule has 0 saturated carbocycles. The monoisotopic (exact) mass is 254 g/mol. The number of rotatable bonds is 4. The maximum atomic E-state index is 5.90. The summed E-state index contributed by atoms with van der Waals surface area (Å²) < 4.78 is 11.1. The summed E-state index contributed by atoms with van der Waals surface area (Å²) in [5.74, 6) is 0.944. The van der Waals surface area contributed by atoms with Gasteiger partial charge in [-0.1, -0.05) is 42.0 Å². The van der Waals surface area contributed by atoms with E-state index in [2.05, 4.69) is 44.2 Å².